The molecule has 0 atom stereocenters. The molecule has 0 N–H and O–H groups in total. The first-order valence-corrected chi connectivity index (χ1v) is 3.79. The monoisotopic (exact) mass is 147 g/mol. The molecule has 0 aromatic heterocycles. The maximum atomic E-state index is 4.10. The predicted molar refractivity (Wildman–Crippen MR) is 49.2 cm³/mol. The average Bonchev–Trinajstić information content (AvgIpc) is 2.06. The summed E-state index contributed by atoms with van der Waals surface area (Å²) in [6.45, 7) is 2.05. The summed E-state index contributed by atoms with van der Waals surface area (Å²) in [5, 5.41) is 0. The highest BCUT2D eigenvalue weighted by molar-refractivity contribution is 5.83. The van der Waals surface area contributed by atoms with Crippen LogP contribution in [-0.2, 0) is 6.42 Å². The van der Waals surface area contributed by atoms with Gasteiger partial charge in [0.1, 0.15) is 0 Å². The Kier molecular flexibility index (Phi) is 2.84. The van der Waals surface area contributed by atoms with Gasteiger partial charge in [0.05, 0.1) is 0 Å². The maximum Gasteiger partial charge on any atom is 0.0276 e. The largest absolute Gasteiger partial charge is 0.297 e. The lowest BCUT2D eigenvalue weighted by atomic mass is 10.1. The molecule has 1 heteroatoms. The number of benzene rings is 1. The van der Waals surface area contributed by atoms with Gasteiger partial charge in [-0.2, -0.15) is 0 Å². The molecule has 58 valence electrons. The van der Waals surface area contributed by atoms with Gasteiger partial charge < -0.3 is 0 Å². The first-order valence-electron chi connectivity index (χ1n) is 3.79. The van der Waals surface area contributed by atoms with Crippen molar-refractivity contribution in [3.05, 3.63) is 35.9 Å². The zero-order chi connectivity index (χ0) is 8.10. The maximum absolute atomic E-state index is 4.10. The van der Waals surface area contributed by atoms with Crippen LogP contribution in [0, 0.1) is 0 Å². The van der Waals surface area contributed by atoms with Crippen LogP contribution in [0.3, 0.4) is 0 Å². The molecule has 0 unspecified atom stereocenters. The lowest BCUT2D eigenvalue weighted by Gasteiger charge is -1.98. The van der Waals surface area contributed by atoms with Gasteiger partial charge in [-0.3, -0.25) is 4.99 Å². The van der Waals surface area contributed by atoms with Crippen molar-refractivity contribution in [1.82, 2.24) is 0 Å². The molecule has 0 saturated heterocycles. The number of hydrogen-bond donors (Lipinski definition) is 0. The minimum Gasteiger partial charge on any atom is -0.297 e. The molecular formula is C10H13N. The fourth-order valence-corrected chi connectivity index (χ4v) is 0.970. The second kappa shape index (κ2) is 3.91. The van der Waals surface area contributed by atoms with Crippen molar-refractivity contribution in [3.8, 4) is 0 Å². The summed E-state index contributed by atoms with van der Waals surface area (Å²) in [6, 6.07) is 10.4. The third kappa shape index (κ3) is 2.54. The van der Waals surface area contributed by atoms with Gasteiger partial charge >= 0.3 is 0 Å². The minimum absolute atomic E-state index is 0.970. The van der Waals surface area contributed by atoms with Crippen LogP contribution in [0.25, 0.3) is 0 Å². The molecule has 1 rings (SSSR count). The first kappa shape index (κ1) is 7.99. The molecule has 1 nitrogen and oxygen atoms in total. The minimum atomic E-state index is 0.970. The summed E-state index contributed by atoms with van der Waals surface area (Å²) in [5.74, 6) is 0. The lowest BCUT2D eigenvalue weighted by molar-refractivity contribution is 1.27. The molecule has 1 aromatic rings. The van der Waals surface area contributed by atoms with Crippen LogP contribution in [0.15, 0.2) is 35.3 Å². The molecule has 1 aromatic carbocycles. The van der Waals surface area contributed by atoms with Gasteiger partial charge in [-0.05, 0) is 12.5 Å². The van der Waals surface area contributed by atoms with Crippen molar-refractivity contribution >= 4 is 5.71 Å². The Labute approximate surface area is 67.8 Å². The molecule has 0 aliphatic rings. The van der Waals surface area contributed by atoms with E-state index in [2.05, 4.69) is 29.3 Å². The van der Waals surface area contributed by atoms with Crippen LogP contribution in [-0.4, -0.2) is 12.8 Å². The fraction of sp³-hybridized carbons (Fsp3) is 0.300. The highest BCUT2D eigenvalue weighted by Gasteiger charge is 1.91. The van der Waals surface area contributed by atoms with E-state index in [9.17, 15) is 0 Å². The summed E-state index contributed by atoms with van der Waals surface area (Å²) in [4.78, 5) is 4.10. The smallest absolute Gasteiger partial charge is 0.0276 e. The van der Waals surface area contributed by atoms with Crippen molar-refractivity contribution < 1.29 is 0 Å². The highest BCUT2D eigenvalue weighted by atomic mass is 14.7. The highest BCUT2D eigenvalue weighted by Crippen LogP contribution is 2.00. The summed E-state index contributed by atoms with van der Waals surface area (Å²) in [7, 11) is 1.83. The summed E-state index contributed by atoms with van der Waals surface area (Å²) >= 11 is 0. The number of aliphatic imine (C=N–C) groups is 1. The molecule has 11 heavy (non-hydrogen) atoms. The molecular weight excluding hydrogens is 134 g/mol. The van der Waals surface area contributed by atoms with Gasteiger partial charge in [0.25, 0.3) is 0 Å². The van der Waals surface area contributed by atoms with E-state index >= 15 is 0 Å². The quantitative estimate of drug-likeness (QED) is 0.569. The molecule has 0 spiro atoms. The van der Waals surface area contributed by atoms with E-state index in [1.165, 1.54) is 11.3 Å². The number of rotatable bonds is 2. The SMILES string of the molecule is C/N=C(\C)Cc1ccccc1. The second-order valence-corrected chi connectivity index (χ2v) is 2.62. The lowest BCUT2D eigenvalue weighted by Crippen LogP contribution is -1.96. The van der Waals surface area contributed by atoms with E-state index in [1.807, 2.05) is 20.0 Å². The van der Waals surface area contributed by atoms with Crippen LogP contribution < -0.4 is 0 Å². The van der Waals surface area contributed by atoms with Crippen LogP contribution in [0.4, 0.5) is 0 Å². The predicted octanol–water partition coefficient (Wildman–Crippen LogP) is 2.32. The normalized spacial score (nSPS) is 11.6. The Bertz CT molecular complexity index is 236. The van der Waals surface area contributed by atoms with Gasteiger partial charge in [-0.1, -0.05) is 30.3 Å². The summed E-state index contributed by atoms with van der Waals surface area (Å²) in [6.07, 6.45) is 0.970. The van der Waals surface area contributed by atoms with Gasteiger partial charge in [0.2, 0.25) is 0 Å². The van der Waals surface area contributed by atoms with Crippen molar-refractivity contribution in [1.29, 1.82) is 0 Å². The van der Waals surface area contributed by atoms with E-state index in [0.29, 0.717) is 0 Å². The van der Waals surface area contributed by atoms with E-state index in [4.69, 9.17) is 0 Å². The Balaban J connectivity index is 2.65. The summed E-state index contributed by atoms with van der Waals surface area (Å²) < 4.78 is 0. The van der Waals surface area contributed by atoms with E-state index in [0.717, 1.165) is 6.42 Å². The third-order valence-corrected chi connectivity index (χ3v) is 1.68. The van der Waals surface area contributed by atoms with E-state index < -0.39 is 0 Å². The molecule has 0 aliphatic carbocycles. The van der Waals surface area contributed by atoms with Crippen LogP contribution in [0.2, 0.25) is 0 Å². The molecule has 0 bridgehead atoms. The second-order valence-electron chi connectivity index (χ2n) is 2.62. The van der Waals surface area contributed by atoms with Crippen molar-refractivity contribution in [3.63, 3.8) is 0 Å². The Morgan fingerprint density at radius 2 is 1.91 bits per heavy atom. The van der Waals surface area contributed by atoms with Gasteiger partial charge in [-0.25, -0.2) is 0 Å². The molecule has 0 radical (unpaired) electrons. The van der Waals surface area contributed by atoms with E-state index in [1.54, 1.807) is 0 Å². The van der Waals surface area contributed by atoms with Crippen LogP contribution in [0.5, 0.6) is 0 Å². The third-order valence-electron chi connectivity index (χ3n) is 1.68. The fourth-order valence-electron chi connectivity index (χ4n) is 0.970. The Morgan fingerprint density at radius 1 is 1.27 bits per heavy atom. The van der Waals surface area contributed by atoms with Gasteiger partial charge in [0, 0.05) is 19.2 Å². The number of nitrogens with zero attached hydrogens (tertiary/aromatic N) is 1. The Hall–Kier alpha value is -1.11. The van der Waals surface area contributed by atoms with Crippen molar-refractivity contribution in [2.45, 2.75) is 13.3 Å². The standard InChI is InChI=1S/C10H13N/c1-9(11-2)8-10-6-4-3-5-7-10/h3-7H,8H2,1-2H3/b11-9+. The zero-order valence-corrected chi connectivity index (χ0v) is 7.04. The molecule has 0 heterocycles. The number of hydrogen-bond acceptors (Lipinski definition) is 1. The van der Waals surface area contributed by atoms with E-state index in [-0.39, 0.29) is 0 Å². The van der Waals surface area contributed by atoms with Crippen LogP contribution >= 0.6 is 0 Å². The topological polar surface area (TPSA) is 12.4 Å². The average molecular weight is 147 g/mol. The summed E-state index contributed by atoms with van der Waals surface area (Å²) in [5.41, 5.74) is 2.51. The van der Waals surface area contributed by atoms with Gasteiger partial charge in [0.15, 0.2) is 0 Å². The van der Waals surface area contributed by atoms with Crippen molar-refractivity contribution in [2.24, 2.45) is 4.99 Å². The first-order chi connectivity index (χ1) is 5.33. The van der Waals surface area contributed by atoms with Gasteiger partial charge in [-0.15, -0.1) is 0 Å². The molecule has 0 fully saturated rings. The molecule has 0 aliphatic heterocycles. The molecule has 0 saturated carbocycles. The zero-order valence-electron chi connectivity index (χ0n) is 7.04. The van der Waals surface area contributed by atoms with Crippen LogP contribution in [0.1, 0.15) is 12.5 Å². The van der Waals surface area contributed by atoms with Crippen molar-refractivity contribution in [2.75, 3.05) is 7.05 Å². The Morgan fingerprint density at radius 3 is 2.45 bits per heavy atom. The molecule has 0 amide bonds.